The van der Waals surface area contributed by atoms with Crippen molar-refractivity contribution in [1.29, 1.82) is 5.26 Å². The van der Waals surface area contributed by atoms with Gasteiger partial charge in [0.25, 0.3) is 0 Å². The first-order valence-corrected chi connectivity index (χ1v) is 11.2. The molecule has 3 heteroatoms. The van der Waals surface area contributed by atoms with Crippen molar-refractivity contribution >= 4 is 21.9 Å². The first-order chi connectivity index (χ1) is 16.7. The molecule has 0 N–H and O–H groups in total. The number of furan rings is 1. The van der Waals surface area contributed by atoms with Crippen LogP contribution in [-0.4, -0.2) is 4.98 Å². The molecule has 0 unspecified atom stereocenters. The number of para-hydroxylation sites is 1. The minimum absolute atomic E-state index is 0.591. The number of nitrogens with zero attached hydrogens (tertiary/aromatic N) is 2. The van der Waals surface area contributed by atoms with Crippen molar-refractivity contribution in [2.75, 3.05) is 0 Å². The predicted molar refractivity (Wildman–Crippen MR) is 137 cm³/mol. The molecular formula is C31H20N2O. The Morgan fingerprint density at radius 3 is 2.32 bits per heavy atom. The van der Waals surface area contributed by atoms with Crippen molar-refractivity contribution in [3.63, 3.8) is 0 Å². The van der Waals surface area contributed by atoms with Gasteiger partial charge in [0.15, 0.2) is 0 Å². The van der Waals surface area contributed by atoms with Gasteiger partial charge in [0, 0.05) is 28.1 Å². The average molecular weight is 437 g/mol. The van der Waals surface area contributed by atoms with E-state index in [2.05, 4.69) is 54.4 Å². The Bertz CT molecular complexity index is 1710. The molecule has 6 rings (SSSR count). The number of pyridine rings is 1. The van der Waals surface area contributed by atoms with Gasteiger partial charge in [-0.15, -0.1) is 0 Å². The molecule has 6 aromatic rings. The van der Waals surface area contributed by atoms with Crippen LogP contribution in [0.25, 0.3) is 55.4 Å². The van der Waals surface area contributed by atoms with Gasteiger partial charge in [-0.1, -0.05) is 60.7 Å². The Morgan fingerprint density at radius 2 is 1.53 bits per heavy atom. The van der Waals surface area contributed by atoms with Crippen LogP contribution in [0.4, 0.5) is 0 Å². The highest BCUT2D eigenvalue weighted by molar-refractivity contribution is 6.13. The summed E-state index contributed by atoms with van der Waals surface area (Å²) >= 11 is 0. The monoisotopic (exact) mass is 436 g/mol. The molecular weight excluding hydrogens is 416 g/mol. The van der Waals surface area contributed by atoms with Gasteiger partial charge in [-0.3, -0.25) is 4.98 Å². The zero-order chi connectivity index (χ0) is 23.1. The molecule has 2 aromatic heterocycles. The third kappa shape index (κ3) is 3.17. The van der Waals surface area contributed by atoms with E-state index in [1.807, 2.05) is 60.7 Å². The van der Waals surface area contributed by atoms with Crippen molar-refractivity contribution in [2.24, 2.45) is 0 Å². The molecule has 34 heavy (non-hydrogen) atoms. The van der Waals surface area contributed by atoms with E-state index in [0.717, 1.165) is 55.4 Å². The van der Waals surface area contributed by atoms with Gasteiger partial charge >= 0.3 is 0 Å². The number of hydrogen-bond acceptors (Lipinski definition) is 3. The number of aromatic nitrogens is 1. The lowest BCUT2D eigenvalue weighted by Crippen LogP contribution is -1.89. The van der Waals surface area contributed by atoms with Crippen molar-refractivity contribution in [3.05, 3.63) is 114 Å². The Kier molecular flexibility index (Phi) is 4.71. The van der Waals surface area contributed by atoms with Crippen molar-refractivity contribution in [2.45, 2.75) is 6.92 Å². The topological polar surface area (TPSA) is 49.8 Å². The smallest absolute Gasteiger partial charge is 0.144 e. The van der Waals surface area contributed by atoms with Crippen LogP contribution in [0.3, 0.4) is 0 Å². The molecule has 0 bridgehead atoms. The van der Waals surface area contributed by atoms with Gasteiger partial charge < -0.3 is 4.42 Å². The largest absolute Gasteiger partial charge is 0.455 e. The number of hydrogen-bond donors (Lipinski definition) is 0. The number of fused-ring (bicyclic) bond motifs is 3. The van der Waals surface area contributed by atoms with Gasteiger partial charge in [-0.05, 0) is 65.6 Å². The van der Waals surface area contributed by atoms with Crippen LogP contribution in [0.5, 0.6) is 0 Å². The molecule has 0 fully saturated rings. The zero-order valence-electron chi connectivity index (χ0n) is 18.6. The lowest BCUT2D eigenvalue weighted by Gasteiger charge is -2.11. The van der Waals surface area contributed by atoms with Crippen molar-refractivity contribution in [3.8, 4) is 39.6 Å². The molecule has 0 saturated carbocycles. The quantitative estimate of drug-likeness (QED) is 0.281. The molecule has 0 radical (unpaired) electrons. The summed E-state index contributed by atoms with van der Waals surface area (Å²) < 4.78 is 6.55. The summed E-state index contributed by atoms with van der Waals surface area (Å²) in [5.41, 5.74) is 9.15. The molecule has 0 aliphatic rings. The van der Waals surface area contributed by atoms with Gasteiger partial charge in [0.1, 0.15) is 11.2 Å². The maximum atomic E-state index is 9.99. The Hall–Kier alpha value is -4.68. The third-order valence-electron chi connectivity index (χ3n) is 6.34. The standard InChI is InChI=1S/C31H20N2O/c1-20-13-14-22(18-27(20)21-8-3-2-4-9-21)29-23(19-32)15-16-25-24-10-7-11-26(30(24)34-31(25)29)28-12-5-6-17-33-28/h2-18H,1H3. The SMILES string of the molecule is Cc1ccc(-c2c(C#N)ccc3c2oc2c(-c4ccccn4)cccc23)cc1-c1ccccc1. The number of rotatable bonds is 3. The lowest BCUT2D eigenvalue weighted by atomic mass is 9.92. The Labute approximate surface area is 197 Å². The highest BCUT2D eigenvalue weighted by Gasteiger charge is 2.19. The van der Waals surface area contributed by atoms with E-state index in [0.29, 0.717) is 5.56 Å². The molecule has 0 atom stereocenters. The van der Waals surface area contributed by atoms with Crippen LogP contribution in [-0.2, 0) is 0 Å². The molecule has 0 amide bonds. The van der Waals surface area contributed by atoms with Crippen LogP contribution in [0.1, 0.15) is 11.1 Å². The Balaban J connectivity index is 1.65. The van der Waals surface area contributed by atoms with E-state index >= 15 is 0 Å². The minimum atomic E-state index is 0.591. The van der Waals surface area contributed by atoms with Crippen LogP contribution in [0, 0.1) is 18.3 Å². The summed E-state index contributed by atoms with van der Waals surface area (Å²) in [7, 11) is 0. The normalized spacial score (nSPS) is 11.1. The van der Waals surface area contributed by atoms with Gasteiger partial charge in [0.2, 0.25) is 0 Å². The first-order valence-electron chi connectivity index (χ1n) is 11.2. The average Bonchev–Trinajstić information content (AvgIpc) is 3.28. The molecule has 160 valence electrons. The summed E-state index contributed by atoms with van der Waals surface area (Å²) in [6.45, 7) is 2.11. The zero-order valence-corrected chi connectivity index (χ0v) is 18.6. The fourth-order valence-corrected chi connectivity index (χ4v) is 4.67. The molecule has 0 spiro atoms. The molecule has 0 saturated heterocycles. The molecule has 2 heterocycles. The van der Waals surface area contributed by atoms with Crippen LogP contribution in [0.15, 0.2) is 108 Å². The van der Waals surface area contributed by atoms with Crippen LogP contribution >= 0.6 is 0 Å². The van der Waals surface area contributed by atoms with Gasteiger partial charge in [-0.2, -0.15) is 5.26 Å². The third-order valence-corrected chi connectivity index (χ3v) is 6.34. The summed E-state index contributed by atoms with van der Waals surface area (Å²) in [6.07, 6.45) is 1.79. The molecule has 0 aliphatic heterocycles. The van der Waals surface area contributed by atoms with Crippen LogP contribution in [0.2, 0.25) is 0 Å². The Morgan fingerprint density at radius 1 is 0.706 bits per heavy atom. The van der Waals surface area contributed by atoms with E-state index in [-0.39, 0.29) is 0 Å². The van der Waals surface area contributed by atoms with E-state index in [9.17, 15) is 5.26 Å². The summed E-state index contributed by atoms with van der Waals surface area (Å²) in [6, 6.07) is 34.9. The maximum absolute atomic E-state index is 9.99. The van der Waals surface area contributed by atoms with Crippen LogP contribution < -0.4 is 0 Å². The lowest BCUT2D eigenvalue weighted by molar-refractivity contribution is 0.670. The summed E-state index contributed by atoms with van der Waals surface area (Å²) in [5, 5.41) is 12.0. The number of aryl methyl sites for hydroxylation is 1. The highest BCUT2D eigenvalue weighted by Crippen LogP contribution is 2.41. The van der Waals surface area contributed by atoms with E-state index in [1.54, 1.807) is 6.20 Å². The van der Waals surface area contributed by atoms with E-state index in [4.69, 9.17) is 4.42 Å². The minimum Gasteiger partial charge on any atom is -0.455 e. The van der Waals surface area contributed by atoms with Gasteiger partial charge in [0.05, 0.1) is 17.3 Å². The fourth-order valence-electron chi connectivity index (χ4n) is 4.67. The second-order valence-corrected chi connectivity index (χ2v) is 8.37. The van der Waals surface area contributed by atoms with Gasteiger partial charge in [-0.25, -0.2) is 0 Å². The second-order valence-electron chi connectivity index (χ2n) is 8.37. The molecule has 4 aromatic carbocycles. The van der Waals surface area contributed by atoms with E-state index in [1.165, 1.54) is 5.56 Å². The highest BCUT2D eigenvalue weighted by atomic mass is 16.3. The van der Waals surface area contributed by atoms with Crippen molar-refractivity contribution in [1.82, 2.24) is 4.98 Å². The maximum Gasteiger partial charge on any atom is 0.144 e. The fraction of sp³-hybridized carbons (Fsp3) is 0.0323. The number of nitriles is 1. The van der Waals surface area contributed by atoms with Crippen molar-refractivity contribution < 1.29 is 4.42 Å². The predicted octanol–water partition coefficient (Wildman–Crippen LogP) is 8.16. The first kappa shape index (κ1) is 20.0. The summed E-state index contributed by atoms with van der Waals surface area (Å²) in [5.74, 6) is 0. The second kappa shape index (κ2) is 8.03. The number of benzene rings is 4. The molecule has 0 aliphatic carbocycles. The van der Waals surface area contributed by atoms with E-state index < -0.39 is 0 Å². The summed E-state index contributed by atoms with van der Waals surface area (Å²) in [4.78, 5) is 4.53. The molecule has 3 nitrogen and oxygen atoms in total.